The standard InChI is InChI=1S/C21H33NO7/c1-8-9-14(16(23)17(24)22-10-12-27-13-11-22)15(18(25)28-20(2,3)4)19(26)29-21(5,6)7/h8,14-15H,1,9-13H2,2-7H3/t14-/m1/s1. The maximum absolute atomic E-state index is 13.0. The van der Waals surface area contributed by atoms with Crippen LogP contribution in [-0.2, 0) is 33.4 Å². The molecule has 0 saturated carbocycles. The minimum Gasteiger partial charge on any atom is -0.459 e. The zero-order valence-electron chi connectivity index (χ0n) is 18.3. The highest BCUT2D eigenvalue weighted by Crippen LogP contribution is 2.26. The molecule has 0 unspecified atom stereocenters. The van der Waals surface area contributed by atoms with Crippen molar-refractivity contribution in [3.8, 4) is 0 Å². The number of hydrogen-bond donors (Lipinski definition) is 0. The van der Waals surface area contributed by atoms with Gasteiger partial charge < -0.3 is 19.1 Å². The Balaban J connectivity index is 3.23. The van der Waals surface area contributed by atoms with Gasteiger partial charge in [0.05, 0.1) is 19.1 Å². The first-order valence-electron chi connectivity index (χ1n) is 9.74. The second kappa shape index (κ2) is 10.0. The first kappa shape index (κ1) is 24.8. The van der Waals surface area contributed by atoms with Crippen molar-refractivity contribution in [3.63, 3.8) is 0 Å². The van der Waals surface area contributed by atoms with Gasteiger partial charge in [0.2, 0.25) is 5.78 Å². The van der Waals surface area contributed by atoms with Gasteiger partial charge in [0.25, 0.3) is 5.91 Å². The van der Waals surface area contributed by atoms with Crippen LogP contribution in [-0.4, -0.2) is 66.0 Å². The fraction of sp³-hybridized carbons (Fsp3) is 0.714. The molecule has 0 aromatic carbocycles. The first-order chi connectivity index (χ1) is 13.3. The fourth-order valence-electron chi connectivity index (χ4n) is 2.81. The van der Waals surface area contributed by atoms with E-state index in [0.717, 1.165) is 0 Å². The number of ether oxygens (including phenoxy) is 3. The van der Waals surface area contributed by atoms with Crippen LogP contribution in [0, 0.1) is 11.8 Å². The summed E-state index contributed by atoms with van der Waals surface area (Å²) in [6, 6.07) is 0. The molecule has 8 nitrogen and oxygen atoms in total. The number of allylic oxidation sites excluding steroid dienone is 1. The molecule has 164 valence electrons. The van der Waals surface area contributed by atoms with Gasteiger partial charge in [0, 0.05) is 13.1 Å². The molecule has 0 bridgehead atoms. The molecule has 1 aliphatic rings. The van der Waals surface area contributed by atoms with Gasteiger partial charge >= 0.3 is 11.9 Å². The highest BCUT2D eigenvalue weighted by Gasteiger charge is 2.46. The van der Waals surface area contributed by atoms with E-state index in [4.69, 9.17) is 14.2 Å². The van der Waals surface area contributed by atoms with E-state index in [0.29, 0.717) is 13.2 Å². The number of hydrogen-bond acceptors (Lipinski definition) is 7. The molecule has 0 radical (unpaired) electrons. The third-order valence-electron chi connectivity index (χ3n) is 3.99. The highest BCUT2D eigenvalue weighted by atomic mass is 16.6. The molecule has 0 aromatic heterocycles. The van der Waals surface area contributed by atoms with Crippen molar-refractivity contribution in [3.05, 3.63) is 12.7 Å². The van der Waals surface area contributed by atoms with E-state index in [1.165, 1.54) is 11.0 Å². The second-order valence-corrected chi connectivity index (χ2v) is 8.94. The first-order valence-corrected chi connectivity index (χ1v) is 9.74. The molecule has 0 aliphatic carbocycles. The zero-order chi connectivity index (χ0) is 22.4. The molecule has 29 heavy (non-hydrogen) atoms. The Kier molecular flexibility index (Phi) is 8.56. The largest absolute Gasteiger partial charge is 0.459 e. The van der Waals surface area contributed by atoms with Crippen LogP contribution in [0.5, 0.6) is 0 Å². The molecular formula is C21H33NO7. The summed E-state index contributed by atoms with van der Waals surface area (Å²) in [4.78, 5) is 52.8. The Bertz CT molecular complexity index is 608. The van der Waals surface area contributed by atoms with Crippen LogP contribution < -0.4 is 0 Å². The lowest BCUT2D eigenvalue weighted by molar-refractivity contribution is -0.179. The molecule has 1 atom stereocenters. The monoisotopic (exact) mass is 411 g/mol. The minimum atomic E-state index is -1.57. The quantitative estimate of drug-likeness (QED) is 0.273. The lowest BCUT2D eigenvalue weighted by Crippen LogP contribution is -2.49. The van der Waals surface area contributed by atoms with Crippen LogP contribution in [0.4, 0.5) is 0 Å². The van der Waals surface area contributed by atoms with Crippen LogP contribution in [0.25, 0.3) is 0 Å². The van der Waals surface area contributed by atoms with Crippen molar-refractivity contribution in [1.29, 1.82) is 0 Å². The maximum atomic E-state index is 13.0. The Morgan fingerprint density at radius 2 is 1.41 bits per heavy atom. The fourth-order valence-corrected chi connectivity index (χ4v) is 2.81. The number of nitrogens with zero attached hydrogens (tertiary/aromatic N) is 1. The number of carbonyl (C=O) groups is 4. The predicted molar refractivity (Wildman–Crippen MR) is 106 cm³/mol. The van der Waals surface area contributed by atoms with Crippen molar-refractivity contribution >= 4 is 23.6 Å². The molecule has 1 fully saturated rings. The van der Waals surface area contributed by atoms with E-state index in [-0.39, 0.29) is 19.5 Å². The third kappa shape index (κ3) is 7.97. The van der Waals surface area contributed by atoms with E-state index < -0.39 is 46.7 Å². The average Bonchev–Trinajstić information content (AvgIpc) is 2.57. The van der Waals surface area contributed by atoms with E-state index >= 15 is 0 Å². The third-order valence-corrected chi connectivity index (χ3v) is 3.99. The van der Waals surface area contributed by atoms with Gasteiger partial charge in [-0.3, -0.25) is 19.2 Å². The smallest absolute Gasteiger partial charge is 0.321 e. The summed E-state index contributed by atoms with van der Waals surface area (Å²) >= 11 is 0. The topological polar surface area (TPSA) is 99.2 Å². The van der Waals surface area contributed by atoms with E-state index in [2.05, 4.69) is 6.58 Å². The molecule has 8 heteroatoms. The molecule has 1 aliphatic heterocycles. The van der Waals surface area contributed by atoms with Crippen molar-refractivity contribution in [2.24, 2.45) is 11.8 Å². The van der Waals surface area contributed by atoms with Gasteiger partial charge in [-0.2, -0.15) is 0 Å². The van der Waals surface area contributed by atoms with Gasteiger partial charge in [-0.1, -0.05) is 6.08 Å². The molecule has 0 N–H and O–H groups in total. The Morgan fingerprint density at radius 1 is 0.966 bits per heavy atom. The second-order valence-electron chi connectivity index (χ2n) is 8.94. The number of carbonyl (C=O) groups excluding carboxylic acids is 4. The van der Waals surface area contributed by atoms with Gasteiger partial charge in [-0.25, -0.2) is 0 Å². The van der Waals surface area contributed by atoms with Crippen LogP contribution in [0.15, 0.2) is 12.7 Å². The van der Waals surface area contributed by atoms with Crippen molar-refractivity contribution in [2.45, 2.75) is 59.2 Å². The summed E-state index contributed by atoms with van der Waals surface area (Å²) in [7, 11) is 0. The summed E-state index contributed by atoms with van der Waals surface area (Å²) < 4.78 is 15.9. The molecule has 1 rings (SSSR count). The number of rotatable bonds is 7. The summed E-state index contributed by atoms with van der Waals surface area (Å²) in [5.74, 6) is -6.22. The van der Waals surface area contributed by atoms with Crippen molar-refractivity contribution < 1.29 is 33.4 Å². The highest BCUT2D eigenvalue weighted by molar-refractivity contribution is 6.37. The molecule has 0 spiro atoms. The summed E-state index contributed by atoms with van der Waals surface area (Å²) in [6.45, 7) is 14.7. The van der Waals surface area contributed by atoms with Gasteiger partial charge in [0.1, 0.15) is 11.2 Å². The molecule has 0 aromatic rings. The lowest BCUT2D eigenvalue weighted by atomic mass is 9.84. The summed E-state index contributed by atoms with van der Waals surface area (Å²) in [5, 5.41) is 0. The molecule has 1 amide bonds. The lowest BCUT2D eigenvalue weighted by Gasteiger charge is -2.31. The van der Waals surface area contributed by atoms with Gasteiger partial charge in [-0.05, 0) is 48.0 Å². The summed E-state index contributed by atoms with van der Waals surface area (Å²) in [6.07, 6.45) is 1.36. The molecule has 1 heterocycles. The Labute approximate surface area is 172 Å². The number of morpholine rings is 1. The van der Waals surface area contributed by atoms with Crippen LogP contribution in [0.2, 0.25) is 0 Å². The maximum Gasteiger partial charge on any atom is 0.321 e. The van der Waals surface area contributed by atoms with Gasteiger partial charge in [0.15, 0.2) is 5.92 Å². The normalized spacial score (nSPS) is 16.2. The molecular weight excluding hydrogens is 378 g/mol. The SMILES string of the molecule is C=CC[C@@H](C(=O)C(=O)N1CCOCC1)C(C(=O)OC(C)(C)C)C(=O)OC(C)(C)C. The number of Topliss-reactive ketones (excluding diaryl/α,β-unsaturated/α-hetero) is 1. The Hall–Kier alpha value is -2.22. The van der Waals surface area contributed by atoms with E-state index in [1.807, 2.05) is 0 Å². The average molecular weight is 411 g/mol. The molecule has 1 saturated heterocycles. The number of esters is 2. The summed E-state index contributed by atoms with van der Waals surface area (Å²) in [5.41, 5.74) is -1.76. The number of ketones is 1. The van der Waals surface area contributed by atoms with E-state index in [1.54, 1.807) is 41.5 Å². The van der Waals surface area contributed by atoms with Crippen LogP contribution in [0.1, 0.15) is 48.0 Å². The van der Waals surface area contributed by atoms with E-state index in [9.17, 15) is 19.2 Å². The predicted octanol–water partition coefficient (Wildman–Crippen LogP) is 1.91. The number of amides is 1. The minimum absolute atomic E-state index is 0.0436. The van der Waals surface area contributed by atoms with Crippen molar-refractivity contribution in [1.82, 2.24) is 4.90 Å². The van der Waals surface area contributed by atoms with Crippen molar-refractivity contribution in [2.75, 3.05) is 26.3 Å². The Morgan fingerprint density at radius 3 is 1.79 bits per heavy atom. The van der Waals surface area contributed by atoms with Crippen LogP contribution in [0.3, 0.4) is 0 Å². The zero-order valence-corrected chi connectivity index (χ0v) is 18.3. The van der Waals surface area contributed by atoms with Gasteiger partial charge in [-0.15, -0.1) is 6.58 Å². The van der Waals surface area contributed by atoms with Crippen LogP contribution >= 0.6 is 0 Å².